The van der Waals surface area contributed by atoms with Gasteiger partial charge >= 0.3 is 5.97 Å². The van der Waals surface area contributed by atoms with Gasteiger partial charge in [0.1, 0.15) is 11.4 Å². The maximum atomic E-state index is 12.9. The van der Waals surface area contributed by atoms with Crippen LogP contribution in [0.4, 0.5) is 0 Å². The first-order chi connectivity index (χ1) is 13.6. The summed E-state index contributed by atoms with van der Waals surface area (Å²) in [7, 11) is 0. The largest absolute Gasteiger partial charge is 0.464 e. The molecule has 0 N–H and O–H groups in total. The first-order valence-electron chi connectivity index (χ1n) is 9.81. The number of fused-ring (bicyclic) bond motifs is 3. The molecule has 1 aliphatic carbocycles. The zero-order chi connectivity index (χ0) is 19.5. The summed E-state index contributed by atoms with van der Waals surface area (Å²) in [6.45, 7) is 2.50. The highest BCUT2D eigenvalue weighted by Crippen LogP contribution is 2.35. The third-order valence-electron chi connectivity index (χ3n) is 5.30. The molecule has 2 heterocycles. The molecule has 0 bridgehead atoms. The minimum atomic E-state index is -0.394. The van der Waals surface area contributed by atoms with Crippen molar-refractivity contribution >= 4 is 27.5 Å². The van der Waals surface area contributed by atoms with Gasteiger partial charge in [-0.05, 0) is 49.1 Å². The fraction of sp³-hybridized carbons (Fsp3) is 0.409. The van der Waals surface area contributed by atoms with Crippen molar-refractivity contribution in [2.75, 3.05) is 6.61 Å². The molecule has 1 aliphatic rings. The van der Waals surface area contributed by atoms with Crippen LogP contribution in [-0.4, -0.2) is 22.1 Å². The van der Waals surface area contributed by atoms with Crippen molar-refractivity contribution < 1.29 is 9.53 Å². The monoisotopic (exact) mass is 396 g/mol. The van der Waals surface area contributed by atoms with Crippen molar-refractivity contribution in [1.82, 2.24) is 9.55 Å². The van der Waals surface area contributed by atoms with Crippen LogP contribution in [-0.2, 0) is 35.3 Å². The number of ether oxygens (including phenoxy) is 1. The highest BCUT2D eigenvalue weighted by atomic mass is 32.1. The number of esters is 1. The first-order valence-corrected chi connectivity index (χ1v) is 10.6. The highest BCUT2D eigenvalue weighted by Gasteiger charge is 2.23. The summed E-state index contributed by atoms with van der Waals surface area (Å²) in [5.41, 5.74) is 2.24. The zero-order valence-corrected chi connectivity index (χ0v) is 16.8. The van der Waals surface area contributed by atoms with Crippen molar-refractivity contribution in [2.45, 2.75) is 45.6 Å². The number of carbonyl (C=O) groups excluding carboxylic acids is 1. The molecule has 0 amide bonds. The molecular weight excluding hydrogens is 372 g/mol. The molecule has 0 aliphatic heterocycles. The normalized spacial score (nSPS) is 16.1. The number of rotatable bonds is 6. The van der Waals surface area contributed by atoms with Crippen LogP contribution in [0.5, 0.6) is 0 Å². The van der Waals surface area contributed by atoms with Crippen LogP contribution in [0.15, 0.2) is 41.5 Å². The van der Waals surface area contributed by atoms with Crippen LogP contribution in [0.2, 0.25) is 0 Å². The minimum absolute atomic E-state index is 0.0892. The van der Waals surface area contributed by atoms with E-state index in [9.17, 15) is 9.59 Å². The maximum Gasteiger partial charge on any atom is 0.326 e. The van der Waals surface area contributed by atoms with Crippen molar-refractivity contribution in [2.24, 2.45) is 5.92 Å². The minimum Gasteiger partial charge on any atom is -0.464 e. The Morgan fingerprint density at radius 1 is 1.32 bits per heavy atom. The number of thiophene rings is 1. The standard InChI is InChI=1S/C22H24N2O3S/c1-15-9-10-17-18(12-15)28-21-20(17)22(26)24(14-23-21)13-19(25)27-11-5-8-16-6-3-2-4-7-16/h2-4,6-7,14-15H,5,8-13H2,1H3. The summed E-state index contributed by atoms with van der Waals surface area (Å²) in [6, 6.07) is 10.1. The third kappa shape index (κ3) is 4.02. The SMILES string of the molecule is CC1CCc2c(sc3ncn(CC(=O)OCCCc4ccccc4)c(=O)c23)C1. The van der Waals surface area contributed by atoms with Gasteiger partial charge in [0.2, 0.25) is 0 Å². The number of hydrogen-bond acceptors (Lipinski definition) is 5. The molecule has 2 aromatic heterocycles. The summed E-state index contributed by atoms with van der Waals surface area (Å²) < 4.78 is 6.70. The molecule has 5 nitrogen and oxygen atoms in total. The first kappa shape index (κ1) is 18.9. The molecule has 28 heavy (non-hydrogen) atoms. The van der Waals surface area contributed by atoms with E-state index in [1.807, 2.05) is 18.2 Å². The number of aryl methyl sites for hydroxylation is 2. The van der Waals surface area contributed by atoms with Gasteiger partial charge in [-0.15, -0.1) is 11.3 Å². The van der Waals surface area contributed by atoms with E-state index < -0.39 is 5.97 Å². The number of nitrogens with zero attached hydrogens (tertiary/aromatic N) is 2. The van der Waals surface area contributed by atoms with E-state index in [1.54, 1.807) is 11.3 Å². The van der Waals surface area contributed by atoms with Gasteiger partial charge in [0.15, 0.2) is 0 Å². The second kappa shape index (κ2) is 8.27. The van der Waals surface area contributed by atoms with Gasteiger partial charge in [0.25, 0.3) is 5.56 Å². The van der Waals surface area contributed by atoms with Gasteiger partial charge < -0.3 is 4.74 Å². The van der Waals surface area contributed by atoms with E-state index in [0.717, 1.165) is 42.5 Å². The Balaban J connectivity index is 1.39. The van der Waals surface area contributed by atoms with E-state index in [-0.39, 0.29) is 12.1 Å². The van der Waals surface area contributed by atoms with Gasteiger partial charge in [-0.3, -0.25) is 14.2 Å². The van der Waals surface area contributed by atoms with E-state index >= 15 is 0 Å². The van der Waals surface area contributed by atoms with Gasteiger partial charge in [-0.2, -0.15) is 0 Å². The zero-order valence-electron chi connectivity index (χ0n) is 16.0. The van der Waals surface area contributed by atoms with Crippen LogP contribution >= 0.6 is 11.3 Å². The Morgan fingerprint density at radius 3 is 2.96 bits per heavy atom. The van der Waals surface area contributed by atoms with Gasteiger partial charge in [0, 0.05) is 4.88 Å². The lowest BCUT2D eigenvalue weighted by molar-refractivity contribution is -0.144. The molecule has 0 fully saturated rings. The van der Waals surface area contributed by atoms with Crippen LogP contribution in [0.1, 0.15) is 35.8 Å². The Hall–Kier alpha value is -2.47. The predicted octanol–water partition coefficient (Wildman–Crippen LogP) is 3.76. The molecule has 6 heteroatoms. The van der Waals surface area contributed by atoms with Crippen LogP contribution in [0.25, 0.3) is 10.2 Å². The topological polar surface area (TPSA) is 61.2 Å². The quantitative estimate of drug-likeness (QED) is 0.470. The average Bonchev–Trinajstić information content (AvgIpc) is 3.06. The van der Waals surface area contributed by atoms with Gasteiger partial charge in [-0.25, -0.2) is 4.98 Å². The Morgan fingerprint density at radius 2 is 2.14 bits per heavy atom. The van der Waals surface area contributed by atoms with E-state index in [2.05, 4.69) is 24.0 Å². The Bertz CT molecular complexity index is 1040. The predicted molar refractivity (Wildman–Crippen MR) is 111 cm³/mol. The third-order valence-corrected chi connectivity index (χ3v) is 6.46. The average molecular weight is 397 g/mol. The number of benzene rings is 1. The Kier molecular flexibility index (Phi) is 5.57. The lowest BCUT2D eigenvalue weighted by atomic mass is 9.89. The van der Waals surface area contributed by atoms with E-state index in [1.165, 1.54) is 21.3 Å². The summed E-state index contributed by atoms with van der Waals surface area (Å²) in [4.78, 5) is 31.6. The molecule has 0 saturated heterocycles. The molecule has 0 radical (unpaired) electrons. The van der Waals surface area contributed by atoms with Crippen LogP contribution < -0.4 is 5.56 Å². The van der Waals surface area contributed by atoms with Crippen molar-refractivity contribution in [1.29, 1.82) is 0 Å². The molecule has 0 saturated carbocycles. The summed E-state index contributed by atoms with van der Waals surface area (Å²) in [5.74, 6) is 0.252. The molecular formula is C22H24N2O3S. The Labute approximate surface area is 168 Å². The van der Waals surface area contributed by atoms with Crippen molar-refractivity contribution in [3.8, 4) is 0 Å². The molecule has 1 unspecified atom stereocenters. The van der Waals surface area contributed by atoms with E-state index in [0.29, 0.717) is 17.9 Å². The summed E-state index contributed by atoms with van der Waals surface area (Å²) >= 11 is 1.62. The number of aromatic nitrogens is 2. The second-order valence-corrected chi connectivity index (χ2v) is 8.60. The van der Waals surface area contributed by atoms with Gasteiger partial charge in [-0.1, -0.05) is 37.3 Å². The highest BCUT2D eigenvalue weighted by molar-refractivity contribution is 7.18. The fourth-order valence-electron chi connectivity index (χ4n) is 3.77. The molecule has 1 aromatic carbocycles. The molecule has 4 rings (SSSR count). The second-order valence-electron chi connectivity index (χ2n) is 7.52. The molecule has 3 aromatic rings. The fourth-order valence-corrected chi connectivity index (χ4v) is 5.11. The lowest BCUT2D eigenvalue weighted by Gasteiger charge is -2.17. The van der Waals surface area contributed by atoms with Crippen molar-refractivity contribution in [3.05, 3.63) is 63.0 Å². The molecule has 1 atom stereocenters. The molecule has 0 spiro atoms. The van der Waals surface area contributed by atoms with Gasteiger partial charge in [0.05, 0.1) is 18.3 Å². The summed E-state index contributed by atoms with van der Waals surface area (Å²) in [5, 5.41) is 0.700. The molecule has 146 valence electrons. The number of hydrogen-bond donors (Lipinski definition) is 0. The summed E-state index contributed by atoms with van der Waals surface area (Å²) in [6.07, 6.45) is 6.12. The lowest BCUT2D eigenvalue weighted by Crippen LogP contribution is -2.26. The maximum absolute atomic E-state index is 12.9. The van der Waals surface area contributed by atoms with Crippen molar-refractivity contribution in [3.63, 3.8) is 0 Å². The number of carbonyl (C=O) groups is 1. The smallest absolute Gasteiger partial charge is 0.326 e. The van der Waals surface area contributed by atoms with E-state index in [4.69, 9.17) is 4.74 Å². The van der Waals surface area contributed by atoms with Crippen LogP contribution in [0.3, 0.4) is 0 Å². The van der Waals surface area contributed by atoms with Crippen LogP contribution in [0, 0.1) is 5.92 Å².